The monoisotopic (exact) mass is 289 g/mol. The molecule has 0 aromatic heterocycles. The molecule has 0 amide bonds. The highest BCUT2D eigenvalue weighted by Gasteiger charge is 2.16. The Morgan fingerprint density at radius 1 is 1.14 bits per heavy atom. The van der Waals surface area contributed by atoms with Crippen LogP contribution >= 0.6 is 0 Å². The number of hydrogen-bond acceptors (Lipinski definition) is 2. The average Bonchev–Trinajstić information content (AvgIpc) is 2.55. The minimum absolute atomic E-state index is 0.479. The molecule has 1 saturated carbocycles. The van der Waals surface area contributed by atoms with Crippen molar-refractivity contribution in [3.63, 3.8) is 0 Å². The van der Waals surface area contributed by atoms with E-state index in [-0.39, 0.29) is 0 Å². The average molecular weight is 289 g/mol. The molecule has 0 heterocycles. The number of rotatable bonds is 8. The van der Waals surface area contributed by atoms with Crippen molar-refractivity contribution in [1.29, 1.82) is 0 Å². The second-order valence-electron chi connectivity index (χ2n) is 6.34. The van der Waals surface area contributed by atoms with E-state index in [4.69, 9.17) is 4.74 Å². The van der Waals surface area contributed by atoms with Gasteiger partial charge >= 0.3 is 0 Å². The molecule has 0 radical (unpaired) electrons. The summed E-state index contributed by atoms with van der Waals surface area (Å²) in [6.45, 7) is 2.94. The molecular formula is C19H31NO. The summed E-state index contributed by atoms with van der Waals surface area (Å²) in [4.78, 5) is 0. The second-order valence-corrected chi connectivity index (χ2v) is 6.34. The Bertz CT molecular complexity index is 381. The van der Waals surface area contributed by atoms with Gasteiger partial charge in [0.25, 0.3) is 0 Å². The first-order chi connectivity index (χ1) is 10.3. The molecular weight excluding hydrogens is 258 g/mol. The molecule has 0 bridgehead atoms. The molecule has 0 spiro atoms. The number of nitrogens with one attached hydrogen (secondary N) is 1. The smallest absolute Gasteiger partial charge is 0.119 e. The van der Waals surface area contributed by atoms with Crippen LogP contribution < -0.4 is 10.1 Å². The van der Waals surface area contributed by atoms with Crippen LogP contribution in [0.3, 0.4) is 0 Å². The first-order valence-electron chi connectivity index (χ1n) is 8.73. The minimum atomic E-state index is 0.479. The van der Waals surface area contributed by atoms with Gasteiger partial charge in [-0.2, -0.15) is 0 Å². The van der Waals surface area contributed by atoms with Gasteiger partial charge in [0, 0.05) is 6.04 Å². The van der Waals surface area contributed by atoms with Crippen molar-refractivity contribution in [2.24, 2.45) is 5.92 Å². The van der Waals surface area contributed by atoms with E-state index in [1.165, 1.54) is 50.5 Å². The zero-order valence-electron chi connectivity index (χ0n) is 13.7. The van der Waals surface area contributed by atoms with E-state index >= 15 is 0 Å². The maximum absolute atomic E-state index is 5.66. The summed E-state index contributed by atoms with van der Waals surface area (Å²) in [6.07, 6.45) is 10.9. The van der Waals surface area contributed by atoms with Gasteiger partial charge in [-0.05, 0) is 49.9 Å². The maximum Gasteiger partial charge on any atom is 0.119 e. The molecule has 1 N–H and O–H groups in total. The van der Waals surface area contributed by atoms with Crippen LogP contribution in [-0.2, 0) is 0 Å². The molecule has 118 valence electrons. The lowest BCUT2D eigenvalue weighted by atomic mass is 9.84. The Labute approximate surface area is 130 Å². The van der Waals surface area contributed by atoms with Crippen molar-refractivity contribution in [2.75, 3.05) is 13.7 Å². The van der Waals surface area contributed by atoms with Gasteiger partial charge in [-0.3, -0.25) is 0 Å². The van der Waals surface area contributed by atoms with Gasteiger partial charge in [0.1, 0.15) is 5.75 Å². The number of ether oxygens (including phenoxy) is 1. The van der Waals surface area contributed by atoms with E-state index in [9.17, 15) is 0 Å². The predicted molar refractivity (Wildman–Crippen MR) is 89.8 cm³/mol. The standard InChI is InChI=1S/C19H31NO/c1-3-15-21-18-12-10-17(11-13-18)19(20-2)14-9-16-7-5-4-6-8-16/h10-13,16,19-20H,3-9,14-15H2,1-2H3. The topological polar surface area (TPSA) is 21.3 Å². The van der Waals surface area contributed by atoms with Crippen molar-refractivity contribution in [1.82, 2.24) is 5.32 Å². The van der Waals surface area contributed by atoms with E-state index in [0.29, 0.717) is 6.04 Å². The summed E-state index contributed by atoms with van der Waals surface area (Å²) in [5, 5.41) is 3.48. The van der Waals surface area contributed by atoms with Crippen LogP contribution in [0.15, 0.2) is 24.3 Å². The summed E-state index contributed by atoms with van der Waals surface area (Å²) in [6, 6.07) is 9.12. The fourth-order valence-corrected chi connectivity index (χ4v) is 3.37. The molecule has 1 aromatic rings. The fourth-order valence-electron chi connectivity index (χ4n) is 3.37. The van der Waals surface area contributed by atoms with E-state index in [2.05, 4.69) is 43.6 Å². The van der Waals surface area contributed by atoms with Gasteiger partial charge in [-0.25, -0.2) is 0 Å². The van der Waals surface area contributed by atoms with Crippen LogP contribution in [0.5, 0.6) is 5.75 Å². The van der Waals surface area contributed by atoms with Crippen molar-refractivity contribution in [2.45, 2.75) is 64.3 Å². The van der Waals surface area contributed by atoms with Crippen LogP contribution in [0.2, 0.25) is 0 Å². The van der Waals surface area contributed by atoms with Gasteiger partial charge in [-0.1, -0.05) is 51.2 Å². The molecule has 21 heavy (non-hydrogen) atoms. The molecule has 0 saturated heterocycles. The molecule has 1 aromatic carbocycles. The van der Waals surface area contributed by atoms with E-state index in [1.54, 1.807) is 0 Å². The lowest BCUT2D eigenvalue weighted by Crippen LogP contribution is -2.18. The Balaban J connectivity index is 1.84. The molecule has 1 atom stereocenters. The number of hydrogen-bond donors (Lipinski definition) is 1. The molecule has 2 nitrogen and oxygen atoms in total. The van der Waals surface area contributed by atoms with Gasteiger partial charge in [-0.15, -0.1) is 0 Å². The Hall–Kier alpha value is -1.02. The number of benzene rings is 1. The quantitative estimate of drug-likeness (QED) is 0.719. The maximum atomic E-state index is 5.66. The van der Waals surface area contributed by atoms with Crippen molar-refractivity contribution >= 4 is 0 Å². The summed E-state index contributed by atoms with van der Waals surface area (Å²) < 4.78 is 5.66. The molecule has 1 aliphatic rings. The SMILES string of the molecule is CCCOc1ccc(C(CCC2CCCCC2)NC)cc1. The first kappa shape index (κ1) is 16.4. The Morgan fingerprint density at radius 2 is 1.86 bits per heavy atom. The summed E-state index contributed by atoms with van der Waals surface area (Å²) >= 11 is 0. The summed E-state index contributed by atoms with van der Waals surface area (Å²) in [5.41, 5.74) is 1.39. The van der Waals surface area contributed by atoms with Crippen LogP contribution in [0.4, 0.5) is 0 Å². The minimum Gasteiger partial charge on any atom is -0.494 e. The third kappa shape index (κ3) is 5.35. The molecule has 1 unspecified atom stereocenters. The first-order valence-corrected chi connectivity index (χ1v) is 8.73. The van der Waals surface area contributed by atoms with Gasteiger partial charge < -0.3 is 10.1 Å². The van der Waals surface area contributed by atoms with Crippen molar-refractivity contribution in [3.8, 4) is 5.75 Å². The van der Waals surface area contributed by atoms with Crippen LogP contribution in [0, 0.1) is 5.92 Å². The molecule has 0 aliphatic heterocycles. The summed E-state index contributed by atoms with van der Waals surface area (Å²) in [5.74, 6) is 1.95. The van der Waals surface area contributed by atoms with E-state index in [1.807, 2.05) is 0 Å². The largest absolute Gasteiger partial charge is 0.494 e. The zero-order chi connectivity index (χ0) is 14.9. The Morgan fingerprint density at radius 3 is 2.48 bits per heavy atom. The lowest BCUT2D eigenvalue weighted by Gasteiger charge is -2.24. The van der Waals surface area contributed by atoms with Crippen LogP contribution in [-0.4, -0.2) is 13.7 Å². The van der Waals surface area contributed by atoms with Crippen molar-refractivity contribution in [3.05, 3.63) is 29.8 Å². The third-order valence-corrected chi connectivity index (χ3v) is 4.69. The summed E-state index contributed by atoms with van der Waals surface area (Å²) in [7, 11) is 2.08. The molecule has 2 heteroatoms. The highest BCUT2D eigenvalue weighted by Crippen LogP contribution is 2.30. The van der Waals surface area contributed by atoms with E-state index in [0.717, 1.165) is 24.7 Å². The normalized spacial score (nSPS) is 17.6. The van der Waals surface area contributed by atoms with E-state index < -0.39 is 0 Å². The lowest BCUT2D eigenvalue weighted by molar-refractivity contribution is 0.315. The Kier molecular flexibility index (Phi) is 7.08. The predicted octanol–water partition coefficient (Wildman–Crippen LogP) is 5.10. The highest BCUT2D eigenvalue weighted by molar-refractivity contribution is 5.29. The fraction of sp³-hybridized carbons (Fsp3) is 0.684. The zero-order valence-corrected chi connectivity index (χ0v) is 13.7. The molecule has 2 rings (SSSR count). The second kappa shape index (κ2) is 9.09. The third-order valence-electron chi connectivity index (χ3n) is 4.69. The molecule has 1 aliphatic carbocycles. The van der Waals surface area contributed by atoms with Crippen LogP contribution in [0.25, 0.3) is 0 Å². The van der Waals surface area contributed by atoms with Gasteiger partial charge in [0.2, 0.25) is 0 Å². The van der Waals surface area contributed by atoms with Crippen LogP contribution in [0.1, 0.15) is 69.9 Å². The van der Waals surface area contributed by atoms with Gasteiger partial charge in [0.15, 0.2) is 0 Å². The van der Waals surface area contributed by atoms with Gasteiger partial charge in [0.05, 0.1) is 6.61 Å². The highest BCUT2D eigenvalue weighted by atomic mass is 16.5. The molecule has 1 fully saturated rings. The van der Waals surface area contributed by atoms with Crippen molar-refractivity contribution < 1.29 is 4.74 Å².